The molecule has 152 valence electrons. The summed E-state index contributed by atoms with van der Waals surface area (Å²) in [6.45, 7) is 5.59. The zero-order valence-electron chi connectivity index (χ0n) is 17.1. The van der Waals surface area contributed by atoms with E-state index in [1.807, 2.05) is 23.1 Å². The van der Waals surface area contributed by atoms with Gasteiger partial charge in [0.25, 0.3) is 5.19 Å². The van der Waals surface area contributed by atoms with Gasteiger partial charge < -0.3 is 14.4 Å². The molecule has 2 heterocycles. The van der Waals surface area contributed by atoms with Gasteiger partial charge in [-0.05, 0) is 37.1 Å². The quantitative estimate of drug-likeness (QED) is 0.620. The van der Waals surface area contributed by atoms with Crippen molar-refractivity contribution in [1.82, 2.24) is 9.88 Å². The number of piperidine rings is 1. The number of aromatic nitrogens is 1. The number of ether oxygens (including phenoxy) is 2. The van der Waals surface area contributed by atoms with E-state index in [0.717, 1.165) is 47.5 Å². The molecular weight excluding hydrogens is 384 g/mol. The third-order valence-electron chi connectivity index (χ3n) is 5.48. The minimum atomic E-state index is 0.0993. The van der Waals surface area contributed by atoms with Gasteiger partial charge in [0, 0.05) is 32.0 Å². The number of nitrogens with zero attached hydrogens (tertiary/aromatic N) is 2. The number of methoxy groups -OCH3 is 1. The van der Waals surface area contributed by atoms with Crippen LogP contribution >= 0.6 is 11.3 Å². The minimum absolute atomic E-state index is 0.0993. The number of fused-ring (bicyclic) bond motifs is 1. The molecule has 1 amide bonds. The summed E-state index contributed by atoms with van der Waals surface area (Å²) in [6.07, 6.45) is 2.23. The van der Waals surface area contributed by atoms with E-state index >= 15 is 0 Å². The Hall–Kier alpha value is -2.60. The van der Waals surface area contributed by atoms with E-state index in [2.05, 4.69) is 37.0 Å². The van der Waals surface area contributed by atoms with Gasteiger partial charge in [-0.25, -0.2) is 4.98 Å². The Kier molecular flexibility index (Phi) is 5.72. The van der Waals surface area contributed by atoms with Gasteiger partial charge in [0.05, 0.1) is 23.7 Å². The molecule has 5 nitrogen and oxygen atoms in total. The fraction of sp³-hybridized carbons (Fsp3) is 0.391. The van der Waals surface area contributed by atoms with Crippen LogP contribution in [-0.2, 0) is 11.2 Å². The lowest BCUT2D eigenvalue weighted by molar-refractivity contribution is -0.132. The first kappa shape index (κ1) is 19.7. The number of carbonyl (C=O) groups excluding carboxylic acids is 1. The summed E-state index contributed by atoms with van der Waals surface area (Å²) in [6, 6.07) is 12.2. The van der Waals surface area contributed by atoms with Crippen molar-refractivity contribution in [3.63, 3.8) is 0 Å². The molecule has 1 aliphatic rings. The lowest BCUT2D eigenvalue weighted by Crippen LogP contribution is -2.42. The molecule has 1 saturated heterocycles. The fourth-order valence-electron chi connectivity index (χ4n) is 3.69. The van der Waals surface area contributed by atoms with Crippen LogP contribution < -0.4 is 9.47 Å². The van der Waals surface area contributed by atoms with Crippen molar-refractivity contribution in [3.8, 4) is 10.9 Å². The molecule has 4 rings (SSSR count). The molecule has 0 radical (unpaired) electrons. The second-order valence-electron chi connectivity index (χ2n) is 7.62. The maximum atomic E-state index is 12.7. The molecule has 0 N–H and O–H groups in total. The molecule has 0 bridgehead atoms. The van der Waals surface area contributed by atoms with Crippen molar-refractivity contribution in [3.05, 3.63) is 53.1 Å². The molecule has 2 aromatic carbocycles. The van der Waals surface area contributed by atoms with Gasteiger partial charge >= 0.3 is 0 Å². The van der Waals surface area contributed by atoms with Crippen LogP contribution in [0.4, 0.5) is 0 Å². The largest absolute Gasteiger partial charge is 0.497 e. The highest BCUT2D eigenvalue weighted by atomic mass is 32.1. The molecule has 29 heavy (non-hydrogen) atoms. The Balaban J connectivity index is 1.33. The van der Waals surface area contributed by atoms with Crippen LogP contribution in [0.1, 0.15) is 29.5 Å². The van der Waals surface area contributed by atoms with Crippen LogP contribution in [0.2, 0.25) is 0 Å². The smallest absolute Gasteiger partial charge is 0.274 e. The van der Waals surface area contributed by atoms with Gasteiger partial charge in [-0.15, -0.1) is 0 Å². The van der Waals surface area contributed by atoms with Crippen LogP contribution in [-0.4, -0.2) is 42.1 Å². The average Bonchev–Trinajstić information content (AvgIpc) is 3.12. The molecule has 0 atom stereocenters. The number of likely N-dealkylation sites (tertiary alicyclic amines) is 1. The molecule has 1 fully saturated rings. The standard InChI is InChI=1S/C23H26N2O3S/c1-15-4-5-16(2)17(12-15)13-22(26)25-10-8-18(9-11-25)28-23-24-20-14-19(27-3)6-7-21(20)29-23/h4-7,12,14,18H,8-11,13H2,1-3H3. The van der Waals surface area contributed by atoms with E-state index in [1.54, 1.807) is 18.4 Å². The van der Waals surface area contributed by atoms with Gasteiger partial charge in [-0.2, -0.15) is 0 Å². The number of rotatable bonds is 5. The van der Waals surface area contributed by atoms with E-state index in [4.69, 9.17) is 9.47 Å². The number of carbonyl (C=O) groups is 1. The predicted octanol–water partition coefficient (Wildman–Crippen LogP) is 4.53. The zero-order chi connectivity index (χ0) is 20.4. The molecular formula is C23H26N2O3S. The molecule has 1 aromatic heterocycles. The minimum Gasteiger partial charge on any atom is -0.497 e. The first-order valence-electron chi connectivity index (χ1n) is 9.97. The number of aryl methyl sites for hydroxylation is 2. The number of hydrogen-bond donors (Lipinski definition) is 0. The third-order valence-corrected chi connectivity index (χ3v) is 6.41. The summed E-state index contributed by atoms with van der Waals surface area (Å²) >= 11 is 1.55. The molecule has 0 saturated carbocycles. The first-order valence-corrected chi connectivity index (χ1v) is 10.8. The van der Waals surface area contributed by atoms with Gasteiger partial charge in [0.1, 0.15) is 11.9 Å². The van der Waals surface area contributed by atoms with Crippen molar-refractivity contribution in [2.24, 2.45) is 0 Å². The topological polar surface area (TPSA) is 51.7 Å². The van der Waals surface area contributed by atoms with Crippen molar-refractivity contribution in [2.75, 3.05) is 20.2 Å². The Labute approximate surface area is 175 Å². The second-order valence-corrected chi connectivity index (χ2v) is 8.61. The van der Waals surface area contributed by atoms with Crippen LogP contribution in [0.3, 0.4) is 0 Å². The van der Waals surface area contributed by atoms with Crippen molar-refractivity contribution in [2.45, 2.75) is 39.2 Å². The Morgan fingerprint density at radius 3 is 2.72 bits per heavy atom. The summed E-state index contributed by atoms with van der Waals surface area (Å²) in [5, 5.41) is 0.688. The summed E-state index contributed by atoms with van der Waals surface area (Å²) in [5.74, 6) is 0.995. The lowest BCUT2D eigenvalue weighted by Gasteiger charge is -2.31. The van der Waals surface area contributed by atoms with Gasteiger partial charge in [0.15, 0.2) is 0 Å². The van der Waals surface area contributed by atoms with E-state index < -0.39 is 0 Å². The molecule has 0 spiro atoms. The number of amides is 1. The Bertz CT molecular complexity index is 1020. The second kappa shape index (κ2) is 8.41. The normalized spacial score (nSPS) is 14.9. The van der Waals surface area contributed by atoms with E-state index in [1.165, 1.54) is 11.1 Å². The maximum Gasteiger partial charge on any atom is 0.274 e. The van der Waals surface area contributed by atoms with Crippen LogP contribution in [0.15, 0.2) is 36.4 Å². The molecule has 3 aromatic rings. The number of hydrogen-bond acceptors (Lipinski definition) is 5. The molecule has 1 aliphatic heterocycles. The highest BCUT2D eigenvalue weighted by Gasteiger charge is 2.25. The fourth-order valence-corrected chi connectivity index (χ4v) is 4.56. The first-order chi connectivity index (χ1) is 14.0. The highest BCUT2D eigenvalue weighted by molar-refractivity contribution is 7.20. The Morgan fingerprint density at radius 1 is 1.17 bits per heavy atom. The molecule has 0 unspecified atom stereocenters. The predicted molar refractivity (Wildman–Crippen MR) is 116 cm³/mol. The number of benzene rings is 2. The third kappa shape index (κ3) is 4.53. The highest BCUT2D eigenvalue weighted by Crippen LogP contribution is 2.32. The monoisotopic (exact) mass is 410 g/mol. The summed E-state index contributed by atoms with van der Waals surface area (Å²) in [7, 11) is 1.65. The van der Waals surface area contributed by atoms with Crippen molar-refractivity contribution in [1.29, 1.82) is 0 Å². The SMILES string of the molecule is COc1ccc2sc(OC3CCN(C(=O)Cc4cc(C)ccc4C)CC3)nc2c1. The lowest BCUT2D eigenvalue weighted by atomic mass is 10.0. The van der Waals surface area contributed by atoms with Crippen molar-refractivity contribution >= 4 is 27.5 Å². The van der Waals surface area contributed by atoms with Crippen LogP contribution in [0, 0.1) is 13.8 Å². The van der Waals surface area contributed by atoms with Gasteiger partial charge in [-0.3, -0.25) is 4.79 Å². The summed E-state index contributed by atoms with van der Waals surface area (Å²) < 4.78 is 12.5. The Morgan fingerprint density at radius 2 is 1.97 bits per heavy atom. The zero-order valence-corrected chi connectivity index (χ0v) is 17.9. The number of thiazole rings is 1. The van der Waals surface area contributed by atoms with E-state index in [9.17, 15) is 4.79 Å². The van der Waals surface area contributed by atoms with Crippen LogP contribution in [0.25, 0.3) is 10.2 Å². The maximum absolute atomic E-state index is 12.7. The average molecular weight is 411 g/mol. The van der Waals surface area contributed by atoms with Crippen molar-refractivity contribution < 1.29 is 14.3 Å². The van der Waals surface area contributed by atoms with Gasteiger partial charge in [0.2, 0.25) is 5.91 Å². The van der Waals surface area contributed by atoms with Crippen LogP contribution in [0.5, 0.6) is 10.9 Å². The van der Waals surface area contributed by atoms with E-state index in [0.29, 0.717) is 11.6 Å². The van der Waals surface area contributed by atoms with Gasteiger partial charge in [-0.1, -0.05) is 35.1 Å². The summed E-state index contributed by atoms with van der Waals surface area (Å²) in [5.41, 5.74) is 4.39. The molecule has 6 heteroatoms. The van der Waals surface area contributed by atoms with E-state index in [-0.39, 0.29) is 12.0 Å². The summed E-state index contributed by atoms with van der Waals surface area (Å²) in [4.78, 5) is 19.3. The molecule has 0 aliphatic carbocycles.